The van der Waals surface area contributed by atoms with Crippen LogP contribution in [-0.2, 0) is 6.42 Å². The standard InChI is InChI=1S/C13H13FN2S/c1-3-12-15-11(7-13(17)16-12)9-4-5-10(14)8(2)6-9/h4-7H,3H2,1-2H3,(H,15,16,17). The maximum absolute atomic E-state index is 13.2. The highest BCUT2D eigenvalue weighted by Crippen LogP contribution is 2.20. The summed E-state index contributed by atoms with van der Waals surface area (Å²) in [5.74, 6) is 0.645. The highest BCUT2D eigenvalue weighted by molar-refractivity contribution is 7.71. The number of halogens is 1. The molecule has 0 radical (unpaired) electrons. The monoisotopic (exact) mass is 248 g/mol. The van der Waals surface area contributed by atoms with Gasteiger partial charge >= 0.3 is 0 Å². The first kappa shape index (κ1) is 11.9. The van der Waals surface area contributed by atoms with Gasteiger partial charge in [-0.3, -0.25) is 0 Å². The van der Waals surface area contributed by atoms with E-state index in [1.54, 1.807) is 25.1 Å². The Kier molecular flexibility index (Phi) is 3.33. The number of rotatable bonds is 2. The largest absolute Gasteiger partial charge is 0.343 e. The molecular formula is C13H13FN2S. The Labute approximate surface area is 105 Å². The third-order valence-corrected chi connectivity index (χ3v) is 2.80. The van der Waals surface area contributed by atoms with Crippen molar-refractivity contribution in [3.63, 3.8) is 0 Å². The van der Waals surface area contributed by atoms with Gasteiger partial charge in [0.25, 0.3) is 0 Å². The molecule has 0 fully saturated rings. The molecule has 0 unspecified atom stereocenters. The summed E-state index contributed by atoms with van der Waals surface area (Å²) in [7, 11) is 0. The van der Waals surface area contributed by atoms with E-state index in [-0.39, 0.29) is 5.82 Å². The molecule has 0 aliphatic rings. The minimum Gasteiger partial charge on any atom is -0.343 e. The fraction of sp³-hybridized carbons (Fsp3) is 0.231. The van der Waals surface area contributed by atoms with Gasteiger partial charge < -0.3 is 4.98 Å². The molecule has 1 heterocycles. The fourth-order valence-corrected chi connectivity index (χ4v) is 1.87. The van der Waals surface area contributed by atoms with Gasteiger partial charge in [-0.05, 0) is 42.3 Å². The van der Waals surface area contributed by atoms with Crippen LogP contribution in [0.15, 0.2) is 24.3 Å². The van der Waals surface area contributed by atoms with Gasteiger partial charge in [0.05, 0.1) is 0 Å². The van der Waals surface area contributed by atoms with Gasteiger partial charge in [-0.15, -0.1) is 0 Å². The first-order chi connectivity index (χ1) is 8.10. The second kappa shape index (κ2) is 4.75. The first-order valence-electron chi connectivity index (χ1n) is 5.47. The maximum Gasteiger partial charge on any atom is 0.130 e. The highest BCUT2D eigenvalue weighted by atomic mass is 32.1. The Morgan fingerprint density at radius 2 is 2.12 bits per heavy atom. The van der Waals surface area contributed by atoms with Gasteiger partial charge in [-0.2, -0.15) is 0 Å². The molecule has 1 N–H and O–H groups in total. The summed E-state index contributed by atoms with van der Waals surface area (Å²) in [4.78, 5) is 7.40. The molecule has 1 aromatic carbocycles. The van der Waals surface area contributed by atoms with Crippen LogP contribution in [0.25, 0.3) is 11.3 Å². The minimum atomic E-state index is -0.197. The molecule has 2 rings (SSSR count). The molecule has 4 heteroatoms. The summed E-state index contributed by atoms with van der Waals surface area (Å²) >= 11 is 5.11. The van der Waals surface area contributed by atoms with E-state index < -0.39 is 0 Å². The van der Waals surface area contributed by atoms with Crippen molar-refractivity contribution in [2.75, 3.05) is 0 Å². The lowest BCUT2D eigenvalue weighted by Crippen LogP contribution is -1.96. The van der Waals surface area contributed by atoms with Crippen LogP contribution in [0.5, 0.6) is 0 Å². The van der Waals surface area contributed by atoms with Crippen LogP contribution in [0.3, 0.4) is 0 Å². The number of nitrogens with one attached hydrogen (secondary N) is 1. The summed E-state index contributed by atoms with van der Waals surface area (Å²) in [6.45, 7) is 3.75. The smallest absolute Gasteiger partial charge is 0.130 e. The molecule has 0 amide bonds. The number of aryl methyl sites for hydroxylation is 2. The summed E-state index contributed by atoms with van der Waals surface area (Å²) in [6.07, 6.45) is 0.789. The van der Waals surface area contributed by atoms with Crippen LogP contribution >= 0.6 is 12.2 Å². The number of aromatic amines is 1. The molecule has 0 saturated carbocycles. The van der Waals surface area contributed by atoms with Crippen LogP contribution in [0.1, 0.15) is 18.3 Å². The van der Waals surface area contributed by atoms with Crippen molar-refractivity contribution in [2.45, 2.75) is 20.3 Å². The van der Waals surface area contributed by atoms with Gasteiger partial charge in [-0.1, -0.05) is 19.1 Å². The molecule has 88 valence electrons. The lowest BCUT2D eigenvalue weighted by Gasteiger charge is -2.06. The summed E-state index contributed by atoms with van der Waals surface area (Å²) in [6, 6.07) is 6.80. The Hall–Kier alpha value is -1.55. The number of hydrogen-bond acceptors (Lipinski definition) is 2. The third kappa shape index (κ3) is 2.58. The molecule has 2 nitrogen and oxygen atoms in total. The Morgan fingerprint density at radius 3 is 2.76 bits per heavy atom. The van der Waals surface area contributed by atoms with E-state index in [9.17, 15) is 4.39 Å². The molecule has 0 bridgehead atoms. The van der Waals surface area contributed by atoms with Gasteiger partial charge in [0.1, 0.15) is 16.3 Å². The number of hydrogen-bond donors (Lipinski definition) is 1. The van der Waals surface area contributed by atoms with Crippen LogP contribution in [-0.4, -0.2) is 9.97 Å². The van der Waals surface area contributed by atoms with Crippen molar-refractivity contribution in [1.82, 2.24) is 9.97 Å². The van der Waals surface area contributed by atoms with Crippen molar-refractivity contribution < 1.29 is 4.39 Å². The molecular weight excluding hydrogens is 235 g/mol. The zero-order valence-electron chi connectivity index (χ0n) is 9.75. The predicted molar refractivity (Wildman–Crippen MR) is 68.9 cm³/mol. The van der Waals surface area contributed by atoms with Crippen LogP contribution in [0, 0.1) is 17.4 Å². The Bertz CT molecular complexity index is 605. The first-order valence-corrected chi connectivity index (χ1v) is 5.87. The van der Waals surface area contributed by atoms with E-state index in [0.717, 1.165) is 23.5 Å². The van der Waals surface area contributed by atoms with Gasteiger partial charge in [0.2, 0.25) is 0 Å². The van der Waals surface area contributed by atoms with Gasteiger partial charge in [-0.25, -0.2) is 9.37 Å². The number of benzene rings is 1. The van der Waals surface area contributed by atoms with E-state index in [1.807, 2.05) is 6.92 Å². The zero-order chi connectivity index (χ0) is 12.4. The Balaban J connectivity index is 2.55. The summed E-state index contributed by atoms with van der Waals surface area (Å²) < 4.78 is 13.7. The number of aromatic nitrogens is 2. The van der Waals surface area contributed by atoms with Gasteiger partial charge in [0, 0.05) is 12.1 Å². The highest BCUT2D eigenvalue weighted by Gasteiger charge is 2.03. The quantitative estimate of drug-likeness (QED) is 0.818. The number of H-pyrrole nitrogens is 1. The van der Waals surface area contributed by atoms with Crippen molar-refractivity contribution in [1.29, 1.82) is 0 Å². The second-order valence-corrected chi connectivity index (χ2v) is 4.32. The van der Waals surface area contributed by atoms with Gasteiger partial charge in [0.15, 0.2) is 0 Å². The van der Waals surface area contributed by atoms with Crippen LogP contribution in [0.2, 0.25) is 0 Å². The molecule has 0 spiro atoms. The van der Waals surface area contributed by atoms with E-state index >= 15 is 0 Å². The molecule has 2 aromatic rings. The lowest BCUT2D eigenvalue weighted by molar-refractivity contribution is 0.618. The van der Waals surface area contributed by atoms with E-state index in [2.05, 4.69) is 9.97 Å². The summed E-state index contributed by atoms with van der Waals surface area (Å²) in [5, 5.41) is 0. The van der Waals surface area contributed by atoms with E-state index in [1.165, 1.54) is 6.07 Å². The SMILES string of the molecule is CCc1nc(=S)cc(-c2ccc(F)c(C)c2)[nH]1. The zero-order valence-corrected chi connectivity index (χ0v) is 10.6. The van der Waals surface area contributed by atoms with Crippen LogP contribution in [0.4, 0.5) is 4.39 Å². The predicted octanol–water partition coefficient (Wildman–Crippen LogP) is 3.82. The molecule has 1 aromatic heterocycles. The average molecular weight is 248 g/mol. The molecule has 0 aliphatic heterocycles. The summed E-state index contributed by atoms with van der Waals surface area (Å²) in [5.41, 5.74) is 2.42. The minimum absolute atomic E-state index is 0.197. The second-order valence-electron chi connectivity index (χ2n) is 3.90. The van der Waals surface area contributed by atoms with E-state index in [0.29, 0.717) is 10.2 Å². The third-order valence-electron chi connectivity index (χ3n) is 2.60. The topological polar surface area (TPSA) is 28.7 Å². The van der Waals surface area contributed by atoms with Crippen LogP contribution < -0.4 is 0 Å². The molecule has 0 saturated heterocycles. The normalized spacial score (nSPS) is 10.5. The fourth-order valence-electron chi connectivity index (χ4n) is 1.64. The maximum atomic E-state index is 13.2. The molecule has 17 heavy (non-hydrogen) atoms. The van der Waals surface area contributed by atoms with E-state index in [4.69, 9.17) is 12.2 Å². The lowest BCUT2D eigenvalue weighted by atomic mass is 10.1. The van der Waals surface area contributed by atoms with Crippen molar-refractivity contribution >= 4 is 12.2 Å². The van der Waals surface area contributed by atoms with Crippen molar-refractivity contribution in [3.8, 4) is 11.3 Å². The number of nitrogens with zero attached hydrogens (tertiary/aromatic N) is 1. The van der Waals surface area contributed by atoms with Crippen molar-refractivity contribution in [2.24, 2.45) is 0 Å². The Morgan fingerprint density at radius 1 is 1.35 bits per heavy atom. The molecule has 0 atom stereocenters. The van der Waals surface area contributed by atoms with Crippen molar-refractivity contribution in [3.05, 3.63) is 46.1 Å². The average Bonchev–Trinajstić information content (AvgIpc) is 2.32. The molecule has 0 aliphatic carbocycles.